The first-order valence-electron chi connectivity index (χ1n) is 5.59. The molecule has 1 N–H and O–H groups in total. The summed E-state index contributed by atoms with van der Waals surface area (Å²) in [6, 6.07) is 3.06. The van der Waals surface area contributed by atoms with Gasteiger partial charge in [-0.25, -0.2) is 9.78 Å². The second-order valence-corrected chi connectivity index (χ2v) is 3.71. The van der Waals surface area contributed by atoms with Gasteiger partial charge in [0.2, 0.25) is 0 Å². The lowest BCUT2D eigenvalue weighted by atomic mass is 10.2. The number of carboxylic acids is 1. The van der Waals surface area contributed by atoms with E-state index in [1.54, 1.807) is 4.90 Å². The predicted molar refractivity (Wildman–Crippen MR) is 65.7 cm³/mol. The van der Waals surface area contributed by atoms with Gasteiger partial charge in [-0.2, -0.15) is 0 Å². The van der Waals surface area contributed by atoms with Gasteiger partial charge in [0.05, 0.1) is 12.7 Å². The van der Waals surface area contributed by atoms with Crippen molar-refractivity contribution in [2.24, 2.45) is 0 Å². The van der Waals surface area contributed by atoms with Gasteiger partial charge >= 0.3 is 11.9 Å². The van der Waals surface area contributed by atoms with E-state index in [2.05, 4.69) is 9.72 Å². The van der Waals surface area contributed by atoms with Crippen molar-refractivity contribution in [3.63, 3.8) is 0 Å². The molecule has 1 heterocycles. The Labute approximate surface area is 105 Å². The summed E-state index contributed by atoms with van der Waals surface area (Å²) >= 11 is 0. The Morgan fingerprint density at radius 2 is 2.22 bits per heavy atom. The predicted octanol–water partition coefficient (Wildman–Crippen LogP) is 1.17. The van der Waals surface area contributed by atoms with Gasteiger partial charge in [0, 0.05) is 12.7 Å². The number of ether oxygens (including phenoxy) is 1. The first-order valence-corrected chi connectivity index (χ1v) is 5.59. The number of hydrogen-bond donors (Lipinski definition) is 1. The molecule has 0 amide bonds. The van der Waals surface area contributed by atoms with Crippen molar-refractivity contribution >= 4 is 17.8 Å². The summed E-state index contributed by atoms with van der Waals surface area (Å²) in [5.41, 5.74) is 0.356. The van der Waals surface area contributed by atoms with Crippen LogP contribution in [0.25, 0.3) is 0 Å². The number of hydrogen-bond acceptors (Lipinski definition) is 5. The van der Waals surface area contributed by atoms with Crippen LogP contribution in [0, 0.1) is 0 Å². The summed E-state index contributed by atoms with van der Waals surface area (Å²) < 4.78 is 4.61. The molecule has 0 bridgehead atoms. The number of carbonyl (C=O) groups is 2. The minimum absolute atomic E-state index is 0.147. The van der Waals surface area contributed by atoms with Gasteiger partial charge in [0.15, 0.2) is 0 Å². The number of rotatable bonds is 6. The lowest BCUT2D eigenvalue weighted by Gasteiger charge is -2.21. The molecule has 6 heteroatoms. The van der Waals surface area contributed by atoms with Crippen LogP contribution in [-0.4, -0.2) is 42.2 Å². The third-order valence-corrected chi connectivity index (χ3v) is 2.31. The van der Waals surface area contributed by atoms with Crippen LogP contribution in [0.5, 0.6) is 0 Å². The van der Waals surface area contributed by atoms with Crippen LogP contribution in [0.15, 0.2) is 18.3 Å². The molecule has 0 fully saturated rings. The fourth-order valence-electron chi connectivity index (χ4n) is 1.54. The van der Waals surface area contributed by atoms with Gasteiger partial charge < -0.3 is 14.7 Å². The topological polar surface area (TPSA) is 79.7 Å². The Hall–Kier alpha value is -2.11. The Morgan fingerprint density at radius 1 is 1.50 bits per heavy atom. The Balaban J connectivity index is 2.97. The maximum atomic E-state index is 11.4. The molecule has 98 valence electrons. The highest BCUT2D eigenvalue weighted by Gasteiger charge is 2.13. The number of carboxylic acid groups (broad SMARTS) is 1. The van der Waals surface area contributed by atoms with Crippen LogP contribution in [0.2, 0.25) is 0 Å². The fraction of sp³-hybridized carbons (Fsp3) is 0.417. The van der Waals surface area contributed by atoms with Crippen LogP contribution in [0.1, 0.15) is 23.7 Å². The summed E-state index contributed by atoms with van der Waals surface area (Å²) in [4.78, 5) is 27.8. The lowest BCUT2D eigenvalue weighted by Crippen LogP contribution is -2.31. The van der Waals surface area contributed by atoms with Crippen molar-refractivity contribution in [2.75, 3.05) is 25.1 Å². The average molecular weight is 252 g/mol. The average Bonchev–Trinajstić information content (AvgIpc) is 2.37. The zero-order valence-corrected chi connectivity index (χ0v) is 10.4. The number of nitrogens with zero attached hydrogens (tertiary/aromatic N) is 2. The van der Waals surface area contributed by atoms with Gasteiger partial charge in [-0.1, -0.05) is 6.92 Å². The zero-order chi connectivity index (χ0) is 13.5. The third kappa shape index (κ3) is 3.73. The monoisotopic (exact) mass is 252 g/mol. The standard InChI is InChI=1S/C12H16N2O4/c1-3-6-14(8-11(15)16)10-7-9(4-5-13-10)12(17)18-2/h4-5,7H,3,6,8H2,1-2H3,(H,15,16). The van der Waals surface area contributed by atoms with Gasteiger partial charge in [0.25, 0.3) is 0 Å². The van der Waals surface area contributed by atoms with Crippen molar-refractivity contribution in [1.82, 2.24) is 4.98 Å². The molecule has 0 saturated carbocycles. The van der Waals surface area contributed by atoms with E-state index in [-0.39, 0.29) is 6.54 Å². The summed E-state index contributed by atoms with van der Waals surface area (Å²) in [5, 5.41) is 8.84. The molecule has 0 aliphatic carbocycles. The molecule has 0 saturated heterocycles. The molecule has 0 aliphatic heterocycles. The number of aromatic nitrogens is 1. The largest absolute Gasteiger partial charge is 0.480 e. The van der Waals surface area contributed by atoms with Crippen molar-refractivity contribution in [3.05, 3.63) is 23.9 Å². The number of carbonyl (C=O) groups excluding carboxylic acids is 1. The zero-order valence-electron chi connectivity index (χ0n) is 10.4. The SMILES string of the molecule is CCCN(CC(=O)O)c1cc(C(=O)OC)ccn1. The molecule has 0 unspecified atom stereocenters. The highest BCUT2D eigenvalue weighted by molar-refractivity contribution is 5.90. The third-order valence-electron chi connectivity index (χ3n) is 2.31. The van der Waals surface area contributed by atoms with Crippen molar-refractivity contribution < 1.29 is 19.4 Å². The number of methoxy groups -OCH3 is 1. The second kappa shape index (κ2) is 6.58. The minimum atomic E-state index is -0.936. The molecule has 0 atom stereocenters. The summed E-state index contributed by atoms with van der Waals surface area (Å²) in [7, 11) is 1.30. The van der Waals surface area contributed by atoms with E-state index < -0.39 is 11.9 Å². The smallest absolute Gasteiger partial charge is 0.338 e. The number of aliphatic carboxylic acids is 1. The van der Waals surface area contributed by atoms with E-state index >= 15 is 0 Å². The Kier molecular flexibility index (Phi) is 5.10. The van der Waals surface area contributed by atoms with E-state index in [9.17, 15) is 9.59 Å². The van der Waals surface area contributed by atoms with Crippen LogP contribution < -0.4 is 4.90 Å². The quantitative estimate of drug-likeness (QED) is 0.765. The number of pyridine rings is 1. The van der Waals surface area contributed by atoms with Gasteiger partial charge in [-0.15, -0.1) is 0 Å². The summed E-state index contributed by atoms with van der Waals surface area (Å²) in [6.07, 6.45) is 2.25. The molecule has 0 radical (unpaired) electrons. The molecule has 18 heavy (non-hydrogen) atoms. The van der Waals surface area contributed by atoms with Crippen molar-refractivity contribution in [1.29, 1.82) is 0 Å². The molecule has 1 aromatic heterocycles. The molecular formula is C12H16N2O4. The van der Waals surface area contributed by atoms with Gasteiger partial charge in [0.1, 0.15) is 12.4 Å². The molecule has 1 rings (SSSR count). The first kappa shape index (κ1) is 14.0. The molecule has 6 nitrogen and oxygen atoms in total. The molecule has 1 aromatic rings. The Bertz CT molecular complexity index is 434. The van der Waals surface area contributed by atoms with Gasteiger partial charge in [-0.3, -0.25) is 4.79 Å². The minimum Gasteiger partial charge on any atom is -0.480 e. The lowest BCUT2D eigenvalue weighted by molar-refractivity contribution is -0.135. The summed E-state index contributed by atoms with van der Waals surface area (Å²) in [6.45, 7) is 2.36. The maximum absolute atomic E-state index is 11.4. The van der Waals surface area contributed by atoms with Crippen LogP contribution in [0.4, 0.5) is 5.82 Å². The van der Waals surface area contributed by atoms with E-state index in [4.69, 9.17) is 5.11 Å². The van der Waals surface area contributed by atoms with Crippen molar-refractivity contribution in [3.8, 4) is 0 Å². The van der Waals surface area contributed by atoms with E-state index in [0.29, 0.717) is 17.9 Å². The summed E-state index contributed by atoms with van der Waals surface area (Å²) in [5.74, 6) is -0.943. The highest BCUT2D eigenvalue weighted by atomic mass is 16.5. The van der Waals surface area contributed by atoms with Crippen LogP contribution in [0.3, 0.4) is 0 Å². The number of esters is 1. The fourth-order valence-corrected chi connectivity index (χ4v) is 1.54. The van der Waals surface area contributed by atoms with Crippen LogP contribution in [-0.2, 0) is 9.53 Å². The first-order chi connectivity index (χ1) is 8.58. The molecule has 0 spiro atoms. The van der Waals surface area contributed by atoms with E-state index in [1.807, 2.05) is 6.92 Å². The van der Waals surface area contributed by atoms with Crippen molar-refractivity contribution in [2.45, 2.75) is 13.3 Å². The normalized spacial score (nSPS) is 9.89. The maximum Gasteiger partial charge on any atom is 0.338 e. The second-order valence-electron chi connectivity index (χ2n) is 3.71. The molecule has 0 aliphatic rings. The highest BCUT2D eigenvalue weighted by Crippen LogP contribution is 2.13. The van der Waals surface area contributed by atoms with E-state index in [0.717, 1.165) is 6.42 Å². The van der Waals surface area contributed by atoms with Gasteiger partial charge in [-0.05, 0) is 18.6 Å². The number of anilines is 1. The molecular weight excluding hydrogens is 236 g/mol. The van der Waals surface area contributed by atoms with E-state index in [1.165, 1.54) is 25.4 Å². The Morgan fingerprint density at radius 3 is 2.78 bits per heavy atom. The molecule has 0 aromatic carbocycles. The van der Waals surface area contributed by atoms with Crippen LogP contribution >= 0.6 is 0 Å².